The van der Waals surface area contributed by atoms with Crippen molar-refractivity contribution in [1.29, 1.82) is 0 Å². The zero-order valence-electron chi connectivity index (χ0n) is 19.3. The molecule has 3 aromatic rings. The summed E-state index contributed by atoms with van der Waals surface area (Å²) in [6.45, 7) is 6.22. The van der Waals surface area contributed by atoms with Crippen LogP contribution in [0.4, 0.5) is 5.69 Å². The number of rotatable bonds is 7. The molecule has 7 nitrogen and oxygen atoms in total. The summed E-state index contributed by atoms with van der Waals surface area (Å²) in [5.41, 5.74) is 3.04. The van der Waals surface area contributed by atoms with Gasteiger partial charge in [-0.3, -0.25) is 14.4 Å². The molecule has 0 atom stereocenters. The predicted molar refractivity (Wildman–Crippen MR) is 129 cm³/mol. The van der Waals surface area contributed by atoms with E-state index in [0.29, 0.717) is 32.5 Å². The minimum absolute atomic E-state index is 0.0473. The van der Waals surface area contributed by atoms with E-state index < -0.39 is 0 Å². The van der Waals surface area contributed by atoms with Crippen molar-refractivity contribution in [3.63, 3.8) is 0 Å². The van der Waals surface area contributed by atoms with Crippen molar-refractivity contribution in [1.82, 2.24) is 9.47 Å². The summed E-state index contributed by atoms with van der Waals surface area (Å²) in [6, 6.07) is 14.2. The molecule has 2 aromatic carbocycles. The molecule has 174 valence electrons. The minimum Gasteiger partial charge on any atom is -0.466 e. The summed E-state index contributed by atoms with van der Waals surface area (Å²) < 4.78 is 7.34. The van der Waals surface area contributed by atoms with Gasteiger partial charge in [-0.2, -0.15) is 0 Å². The Morgan fingerprint density at radius 1 is 0.970 bits per heavy atom. The van der Waals surface area contributed by atoms with E-state index in [0.717, 1.165) is 28.5 Å². The number of anilines is 1. The fourth-order valence-electron chi connectivity index (χ4n) is 4.70. The lowest BCUT2D eigenvalue weighted by Crippen LogP contribution is -2.40. The number of para-hydroxylation sites is 1. The topological polar surface area (TPSA) is 80.6 Å². The average Bonchev–Trinajstić information content (AvgIpc) is 3.16. The summed E-state index contributed by atoms with van der Waals surface area (Å²) in [5, 5.41) is 5.20. The van der Waals surface area contributed by atoms with Crippen LogP contribution in [-0.2, 0) is 25.7 Å². The second kappa shape index (κ2) is 10.1. The van der Waals surface area contributed by atoms with Crippen molar-refractivity contribution in [2.24, 2.45) is 5.92 Å². The van der Waals surface area contributed by atoms with Gasteiger partial charge < -0.3 is 19.5 Å². The lowest BCUT2D eigenvalue weighted by molar-refractivity contribution is -0.151. The second-order valence-corrected chi connectivity index (χ2v) is 8.45. The second-order valence-electron chi connectivity index (χ2n) is 8.45. The molecule has 33 heavy (non-hydrogen) atoms. The van der Waals surface area contributed by atoms with E-state index >= 15 is 0 Å². The summed E-state index contributed by atoms with van der Waals surface area (Å²) >= 11 is 0. The number of carbonyl (C=O) groups is 3. The molecule has 1 aromatic heterocycles. The van der Waals surface area contributed by atoms with Crippen molar-refractivity contribution < 1.29 is 19.1 Å². The molecule has 0 unspecified atom stereocenters. The van der Waals surface area contributed by atoms with E-state index in [-0.39, 0.29) is 36.5 Å². The SMILES string of the molecule is CCOC(=O)C1CCN(C(=O)CCC(=O)Nc2ccc3c(c2)c2ccccc2n3CC)CC1. The molecule has 0 spiro atoms. The number of hydrogen-bond donors (Lipinski definition) is 1. The van der Waals surface area contributed by atoms with Crippen LogP contribution in [0.3, 0.4) is 0 Å². The fraction of sp³-hybridized carbons (Fsp3) is 0.423. The number of nitrogens with one attached hydrogen (secondary N) is 1. The summed E-state index contributed by atoms with van der Waals surface area (Å²) in [5.74, 6) is -0.536. The van der Waals surface area contributed by atoms with Gasteiger partial charge in [0.1, 0.15) is 0 Å². The van der Waals surface area contributed by atoms with Crippen molar-refractivity contribution in [2.75, 3.05) is 25.0 Å². The number of aryl methyl sites for hydroxylation is 1. The molecule has 4 rings (SSSR count). The Morgan fingerprint density at radius 3 is 2.42 bits per heavy atom. The first kappa shape index (κ1) is 22.8. The molecule has 0 bridgehead atoms. The zero-order chi connectivity index (χ0) is 23.4. The first-order valence-electron chi connectivity index (χ1n) is 11.8. The van der Waals surface area contributed by atoms with E-state index in [1.807, 2.05) is 30.3 Å². The van der Waals surface area contributed by atoms with E-state index in [2.05, 4.69) is 28.9 Å². The summed E-state index contributed by atoms with van der Waals surface area (Å²) in [4.78, 5) is 38.7. The molecular weight excluding hydrogens is 418 g/mol. The Labute approximate surface area is 193 Å². The molecule has 1 N–H and O–H groups in total. The highest BCUT2D eigenvalue weighted by Gasteiger charge is 2.28. The van der Waals surface area contributed by atoms with Gasteiger partial charge in [-0.15, -0.1) is 0 Å². The molecule has 1 aliphatic rings. The van der Waals surface area contributed by atoms with Gasteiger partial charge in [-0.1, -0.05) is 18.2 Å². The molecule has 0 saturated carbocycles. The van der Waals surface area contributed by atoms with Gasteiger partial charge in [-0.25, -0.2) is 0 Å². The number of esters is 1. The maximum Gasteiger partial charge on any atom is 0.309 e. The Balaban J connectivity index is 1.33. The first-order valence-corrected chi connectivity index (χ1v) is 11.8. The third kappa shape index (κ3) is 4.87. The highest BCUT2D eigenvalue weighted by atomic mass is 16.5. The molecule has 0 radical (unpaired) electrons. The predicted octanol–water partition coefficient (Wildman–Crippen LogP) is 4.33. The van der Waals surface area contributed by atoms with E-state index in [9.17, 15) is 14.4 Å². The Hall–Kier alpha value is -3.35. The number of likely N-dealkylation sites (tertiary alicyclic amines) is 1. The zero-order valence-corrected chi connectivity index (χ0v) is 19.3. The van der Waals surface area contributed by atoms with Crippen LogP contribution < -0.4 is 5.32 Å². The monoisotopic (exact) mass is 449 g/mol. The van der Waals surface area contributed by atoms with E-state index in [4.69, 9.17) is 4.74 Å². The van der Waals surface area contributed by atoms with Crippen LogP contribution in [0.2, 0.25) is 0 Å². The highest BCUT2D eigenvalue weighted by molar-refractivity contribution is 6.09. The van der Waals surface area contributed by atoms with Gasteiger partial charge in [0.05, 0.1) is 12.5 Å². The van der Waals surface area contributed by atoms with Gasteiger partial charge in [-0.05, 0) is 51.0 Å². The average molecular weight is 450 g/mol. The number of aromatic nitrogens is 1. The molecule has 2 heterocycles. The van der Waals surface area contributed by atoms with Crippen molar-refractivity contribution >= 4 is 45.3 Å². The number of amides is 2. The van der Waals surface area contributed by atoms with Crippen LogP contribution >= 0.6 is 0 Å². The number of ether oxygens (including phenoxy) is 1. The Morgan fingerprint density at radius 2 is 1.70 bits per heavy atom. The van der Waals surface area contributed by atoms with Crippen molar-refractivity contribution in [3.8, 4) is 0 Å². The molecule has 1 fully saturated rings. The Kier molecular flexibility index (Phi) is 6.96. The number of fused-ring (bicyclic) bond motifs is 3. The van der Waals surface area contributed by atoms with Gasteiger partial charge >= 0.3 is 5.97 Å². The van der Waals surface area contributed by atoms with E-state index in [1.54, 1.807) is 11.8 Å². The Bertz CT molecular complexity index is 1170. The van der Waals surface area contributed by atoms with Gasteiger partial charge in [0.15, 0.2) is 0 Å². The van der Waals surface area contributed by atoms with Crippen LogP contribution in [0.25, 0.3) is 21.8 Å². The summed E-state index contributed by atoms with van der Waals surface area (Å²) in [7, 11) is 0. The smallest absolute Gasteiger partial charge is 0.309 e. The van der Waals surface area contributed by atoms with Crippen LogP contribution in [0, 0.1) is 5.92 Å². The maximum atomic E-state index is 12.5. The van der Waals surface area contributed by atoms with Crippen molar-refractivity contribution in [3.05, 3.63) is 42.5 Å². The van der Waals surface area contributed by atoms with Gasteiger partial charge in [0.2, 0.25) is 11.8 Å². The lowest BCUT2D eigenvalue weighted by Gasteiger charge is -2.30. The fourth-order valence-corrected chi connectivity index (χ4v) is 4.70. The molecule has 0 aliphatic carbocycles. The molecule has 2 amide bonds. The van der Waals surface area contributed by atoms with Crippen LogP contribution in [0.1, 0.15) is 39.5 Å². The molecule has 1 aliphatic heterocycles. The third-order valence-corrected chi connectivity index (χ3v) is 6.41. The van der Waals surface area contributed by atoms with E-state index in [1.165, 1.54) is 5.52 Å². The third-order valence-electron chi connectivity index (χ3n) is 6.41. The number of hydrogen-bond acceptors (Lipinski definition) is 4. The van der Waals surface area contributed by atoms with Gasteiger partial charge in [0, 0.05) is 60.0 Å². The summed E-state index contributed by atoms with van der Waals surface area (Å²) in [6.07, 6.45) is 1.52. The normalized spacial score (nSPS) is 14.5. The number of piperidine rings is 1. The lowest BCUT2D eigenvalue weighted by atomic mass is 9.96. The molecule has 7 heteroatoms. The minimum atomic E-state index is -0.178. The standard InChI is InChI=1S/C26H31N3O4/c1-3-29-22-8-6-5-7-20(22)21-17-19(9-10-23(21)29)27-24(30)11-12-25(31)28-15-13-18(14-16-28)26(32)33-4-2/h5-10,17-18H,3-4,11-16H2,1-2H3,(H,27,30). The van der Waals surface area contributed by atoms with Crippen molar-refractivity contribution in [2.45, 2.75) is 46.1 Å². The van der Waals surface area contributed by atoms with Crippen LogP contribution in [-0.4, -0.2) is 46.9 Å². The first-order chi connectivity index (χ1) is 16.0. The quantitative estimate of drug-likeness (QED) is 0.544. The molecule has 1 saturated heterocycles. The largest absolute Gasteiger partial charge is 0.466 e. The maximum absolute atomic E-state index is 12.5. The number of benzene rings is 2. The van der Waals surface area contributed by atoms with Crippen LogP contribution in [0.15, 0.2) is 42.5 Å². The number of carbonyl (C=O) groups excluding carboxylic acids is 3. The number of nitrogens with zero attached hydrogens (tertiary/aromatic N) is 2. The highest BCUT2D eigenvalue weighted by Crippen LogP contribution is 2.31. The van der Waals surface area contributed by atoms with Crippen LogP contribution in [0.5, 0.6) is 0 Å². The molecular formula is C26H31N3O4. The van der Waals surface area contributed by atoms with Gasteiger partial charge in [0.25, 0.3) is 0 Å².